The van der Waals surface area contributed by atoms with E-state index in [9.17, 15) is 14.9 Å². The van der Waals surface area contributed by atoms with Gasteiger partial charge < -0.3 is 9.73 Å². The molecule has 104 valence electrons. The standard InChI is InChI=1S/C14H14N2O4/c1-10-8-12(2-3-13(10)16(18)19)14(17)15-6-4-11-5-7-20-9-11/h2-3,5,7-9H,4,6H2,1H3,(H,15,17). The van der Waals surface area contributed by atoms with Crippen LogP contribution < -0.4 is 5.32 Å². The molecule has 1 N–H and O–H groups in total. The zero-order valence-corrected chi connectivity index (χ0v) is 11.0. The number of hydrogen-bond donors (Lipinski definition) is 1. The Kier molecular flexibility index (Phi) is 4.14. The van der Waals surface area contributed by atoms with Crippen molar-refractivity contribution in [3.63, 3.8) is 0 Å². The number of nitro benzene ring substituents is 1. The number of rotatable bonds is 5. The Morgan fingerprint density at radius 1 is 1.40 bits per heavy atom. The first-order valence-corrected chi connectivity index (χ1v) is 6.12. The number of hydrogen-bond acceptors (Lipinski definition) is 4. The molecule has 1 aromatic heterocycles. The molecule has 6 heteroatoms. The van der Waals surface area contributed by atoms with E-state index in [1.165, 1.54) is 18.2 Å². The second-order valence-corrected chi connectivity index (χ2v) is 4.40. The largest absolute Gasteiger partial charge is 0.472 e. The van der Waals surface area contributed by atoms with Gasteiger partial charge in [0.1, 0.15) is 0 Å². The quantitative estimate of drug-likeness (QED) is 0.670. The van der Waals surface area contributed by atoms with Crippen molar-refractivity contribution in [3.8, 4) is 0 Å². The summed E-state index contributed by atoms with van der Waals surface area (Å²) in [5.41, 5.74) is 1.91. The number of nitrogens with zero attached hydrogens (tertiary/aromatic N) is 1. The van der Waals surface area contributed by atoms with Crippen LogP contribution in [0.4, 0.5) is 5.69 Å². The molecule has 1 amide bonds. The van der Waals surface area contributed by atoms with Crippen molar-refractivity contribution in [1.82, 2.24) is 5.32 Å². The summed E-state index contributed by atoms with van der Waals surface area (Å²) in [5.74, 6) is -0.244. The van der Waals surface area contributed by atoms with E-state index in [1.54, 1.807) is 19.5 Å². The highest BCUT2D eigenvalue weighted by Gasteiger charge is 2.13. The number of carbonyl (C=O) groups excluding carboxylic acids is 1. The molecule has 0 saturated carbocycles. The summed E-state index contributed by atoms with van der Waals surface area (Å²) >= 11 is 0. The van der Waals surface area contributed by atoms with Gasteiger partial charge in [-0.1, -0.05) is 0 Å². The number of amides is 1. The lowest BCUT2D eigenvalue weighted by molar-refractivity contribution is -0.385. The Balaban J connectivity index is 1.95. The maximum absolute atomic E-state index is 11.9. The Hall–Kier alpha value is -2.63. The summed E-state index contributed by atoms with van der Waals surface area (Å²) in [4.78, 5) is 22.1. The van der Waals surface area contributed by atoms with Crippen molar-refractivity contribution in [2.45, 2.75) is 13.3 Å². The second-order valence-electron chi connectivity index (χ2n) is 4.40. The molecule has 0 atom stereocenters. The van der Waals surface area contributed by atoms with Crippen LogP contribution in [0.15, 0.2) is 41.2 Å². The van der Waals surface area contributed by atoms with E-state index >= 15 is 0 Å². The minimum Gasteiger partial charge on any atom is -0.472 e. The third kappa shape index (κ3) is 3.23. The highest BCUT2D eigenvalue weighted by Crippen LogP contribution is 2.18. The lowest BCUT2D eigenvalue weighted by atomic mass is 10.1. The first-order valence-electron chi connectivity index (χ1n) is 6.12. The van der Waals surface area contributed by atoms with Crippen molar-refractivity contribution in [2.24, 2.45) is 0 Å². The van der Waals surface area contributed by atoms with Gasteiger partial charge in [-0.25, -0.2) is 0 Å². The zero-order chi connectivity index (χ0) is 14.5. The van der Waals surface area contributed by atoms with Gasteiger partial charge in [0.2, 0.25) is 0 Å². The van der Waals surface area contributed by atoms with Gasteiger partial charge in [0, 0.05) is 23.7 Å². The molecule has 2 aromatic rings. The van der Waals surface area contributed by atoms with Crippen LogP contribution in [0.1, 0.15) is 21.5 Å². The number of benzene rings is 1. The molecule has 0 radical (unpaired) electrons. The summed E-state index contributed by atoms with van der Waals surface area (Å²) in [7, 11) is 0. The third-order valence-electron chi connectivity index (χ3n) is 2.94. The molecule has 2 rings (SSSR count). The molecule has 0 aliphatic rings. The minimum absolute atomic E-state index is 0.0138. The Bertz CT molecular complexity index is 620. The van der Waals surface area contributed by atoms with E-state index in [4.69, 9.17) is 4.42 Å². The molecule has 0 aliphatic carbocycles. The fourth-order valence-electron chi connectivity index (χ4n) is 1.86. The molecule has 6 nitrogen and oxygen atoms in total. The van der Waals surface area contributed by atoms with E-state index in [-0.39, 0.29) is 11.6 Å². The first-order chi connectivity index (χ1) is 9.58. The van der Waals surface area contributed by atoms with Crippen molar-refractivity contribution in [1.29, 1.82) is 0 Å². The minimum atomic E-state index is -0.462. The fraction of sp³-hybridized carbons (Fsp3) is 0.214. The van der Waals surface area contributed by atoms with E-state index in [2.05, 4.69) is 5.32 Å². The van der Waals surface area contributed by atoms with E-state index in [0.29, 0.717) is 24.1 Å². The van der Waals surface area contributed by atoms with Gasteiger partial charge >= 0.3 is 0 Å². The number of nitrogens with one attached hydrogen (secondary N) is 1. The number of furan rings is 1. The fourth-order valence-corrected chi connectivity index (χ4v) is 1.86. The van der Waals surface area contributed by atoms with Gasteiger partial charge in [0.15, 0.2) is 0 Å². The van der Waals surface area contributed by atoms with E-state index < -0.39 is 4.92 Å². The van der Waals surface area contributed by atoms with Crippen LogP contribution in [0.25, 0.3) is 0 Å². The molecule has 1 aromatic carbocycles. The summed E-state index contributed by atoms with van der Waals surface area (Å²) in [5, 5.41) is 13.5. The average Bonchev–Trinajstić information content (AvgIpc) is 2.91. The highest BCUT2D eigenvalue weighted by atomic mass is 16.6. The van der Waals surface area contributed by atoms with Crippen LogP contribution in [0, 0.1) is 17.0 Å². The summed E-state index contributed by atoms with van der Waals surface area (Å²) in [6.45, 7) is 2.09. The number of nitro groups is 1. The normalized spacial score (nSPS) is 10.2. The van der Waals surface area contributed by atoms with Crippen LogP contribution in [-0.4, -0.2) is 17.4 Å². The predicted octanol–water partition coefficient (Wildman–Crippen LogP) is 2.47. The lowest BCUT2D eigenvalue weighted by Gasteiger charge is -2.05. The summed E-state index contributed by atoms with van der Waals surface area (Å²) in [6.07, 6.45) is 3.88. The van der Waals surface area contributed by atoms with Crippen LogP contribution in [0.3, 0.4) is 0 Å². The van der Waals surface area contributed by atoms with Crippen LogP contribution in [-0.2, 0) is 6.42 Å². The van der Waals surface area contributed by atoms with Gasteiger partial charge in [0.25, 0.3) is 11.6 Å². The molecule has 0 unspecified atom stereocenters. The number of aryl methyl sites for hydroxylation is 1. The van der Waals surface area contributed by atoms with Gasteiger partial charge in [0.05, 0.1) is 17.4 Å². The van der Waals surface area contributed by atoms with Crippen LogP contribution in [0.5, 0.6) is 0 Å². The summed E-state index contributed by atoms with van der Waals surface area (Å²) < 4.78 is 4.93. The van der Waals surface area contributed by atoms with Gasteiger partial charge in [-0.05, 0) is 37.1 Å². The highest BCUT2D eigenvalue weighted by molar-refractivity contribution is 5.94. The molecule has 0 fully saturated rings. The molecular weight excluding hydrogens is 260 g/mol. The zero-order valence-electron chi connectivity index (χ0n) is 11.0. The number of carbonyl (C=O) groups is 1. The molecule has 0 bridgehead atoms. The topological polar surface area (TPSA) is 85.4 Å². The van der Waals surface area contributed by atoms with Crippen molar-refractivity contribution in [3.05, 3.63) is 63.6 Å². The summed E-state index contributed by atoms with van der Waals surface area (Å²) in [6, 6.07) is 6.16. The maximum atomic E-state index is 11.9. The Morgan fingerprint density at radius 2 is 2.20 bits per heavy atom. The first kappa shape index (κ1) is 13.8. The monoisotopic (exact) mass is 274 g/mol. The molecule has 1 heterocycles. The van der Waals surface area contributed by atoms with Crippen molar-refractivity contribution < 1.29 is 14.1 Å². The molecule has 20 heavy (non-hydrogen) atoms. The lowest BCUT2D eigenvalue weighted by Crippen LogP contribution is -2.25. The van der Waals surface area contributed by atoms with Crippen molar-refractivity contribution >= 4 is 11.6 Å². The van der Waals surface area contributed by atoms with Gasteiger partial charge in [-0.3, -0.25) is 14.9 Å². The SMILES string of the molecule is Cc1cc(C(=O)NCCc2ccoc2)ccc1[N+](=O)[O-]. The predicted molar refractivity (Wildman–Crippen MR) is 72.6 cm³/mol. The third-order valence-corrected chi connectivity index (χ3v) is 2.94. The van der Waals surface area contributed by atoms with E-state index in [0.717, 1.165) is 5.56 Å². The average molecular weight is 274 g/mol. The molecule has 0 saturated heterocycles. The van der Waals surface area contributed by atoms with Crippen molar-refractivity contribution in [2.75, 3.05) is 6.54 Å². The molecular formula is C14H14N2O4. The van der Waals surface area contributed by atoms with Crippen LogP contribution in [0.2, 0.25) is 0 Å². The van der Waals surface area contributed by atoms with Gasteiger partial charge in [-0.2, -0.15) is 0 Å². The second kappa shape index (κ2) is 6.01. The molecule has 0 aliphatic heterocycles. The Labute approximate surface area is 115 Å². The van der Waals surface area contributed by atoms with Crippen LogP contribution >= 0.6 is 0 Å². The van der Waals surface area contributed by atoms with Gasteiger partial charge in [-0.15, -0.1) is 0 Å². The maximum Gasteiger partial charge on any atom is 0.272 e. The Morgan fingerprint density at radius 3 is 2.80 bits per heavy atom. The molecule has 0 spiro atoms. The smallest absolute Gasteiger partial charge is 0.272 e. The van der Waals surface area contributed by atoms with E-state index in [1.807, 2.05) is 6.07 Å².